The van der Waals surface area contributed by atoms with Crippen molar-refractivity contribution in [1.82, 2.24) is 0 Å². The van der Waals surface area contributed by atoms with Gasteiger partial charge in [-0.2, -0.15) is 12.8 Å². The van der Waals surface area contributed by atoms with E-state index in [0.29, 0.717) is 0 Å². The molecule has 0 saturated carbocycles. The third-order valence-corrected chi connectivity index (χ3v) is 3.22. The zero-order valence-corrected chi connectivity index (χ0v) is 10.7. The van der Waals surface area contributed by atoms with Gasteiger partial charge in [0.2, 0.25) is 0 Å². The highest BCUT2D eigenvalue weighted by molar-refractivity contribution is 7.61. The maximum atomic E-state index is 11.0. The second kappa shape index (κ2) is 5.62. The molecule has 0 aromatic heterocycles. The Labute approximate surface area is 111 Å². The fourth-order valence-corrected chi connectivity index (χ4v) is 2.32. The Balaban J connectivity index is 2.45. The van der Waals surface area contributed by atoms with Gasteiger partial charge < -0.3 is 5.11 Å². The molecule has 6 heteroatoms. The Morgan fingerprint density at radius 3 is 2.53 bits per heavy atom. The second-order valence-electron chi connectivity index (χ2n) is 4.02. The Kier molecular flexibility index (Phi) is 3.91. The van der Waals surface area contributed by atoms with Crippen molar-refractivity contribution in [2.75, 3.05) is 0 Å². The minimum Gasteiger partial charge on any atom is -0.480 e. The van der Waals surface area contributed by atoms with E-state index in [1.165, 1.54) is 0 Å². The van der Waals surface area contributed by atoms with Gasteiger partial charge in [0.25, 0.3) is 0 Å². The van der Waals surface area contributed by atoms with E-state index >= 15 is 0 Å². The fraction of sp³-hybridized carbons (Fsp3) is 0.154. The van der Waals surface area contributed by atoms with E-state index in [1.807, 2.05) is 36.4 Å². The van der Waals surface area contributed by atoms with Crippen molar-refractivity contribution in [3.05, 3.63) is 48.0 Å². The van der Waals surface area contributed by atoms with Gasteiger partial charge >= 0.3 is 16.5 Å². The predicted molar refractivity (Wildman–Crippen MR) is 70.4 cm³/mol. The largest absolute Gasteiger partial charge is 0.480 e. The SMILES string of the molecule is O=C(O)[C@H](Cc1cccc2ccccc12)N=S(=O)=O. The lowest BCUT2D eigenvalue weighted by atomic mass is 9.99. The highest BCUT2D eigenvalue weighted by Gasteiger charge is 2.18. The number of hydrogen-bond donors (Lipinski definition) is 1. The van der Waals surface area contributed by atoms with Crippen LogP contribution in [0.15, 0.2) is 46.8 Å². The Morgan fingerprint density at radius 1 is 1.16 bits per heavy atom. The lowest BCUT2D eigenvalue weighted by molar-refractivity contribution is -0.138. The van der Waals surface area contributed by atoms with E-state index < -0.39 is 22.5 Å². The first-order valence-corrected chi connectivity index (χ1v) is 6.61. The maximum Gasteiger partial charge on any atom is 0.330 e. The molecule has 19 heavy (non-hydrogen) atoms. The average Bonchev–Trinajstić information content (AvgIpc) is 2.37. The third-order valence-electron chi connectivity index (χ3n) is 2.79. The third kappa shape index (κ3) is 3.17. The summed E-state index contributed by atoms with van der Waals surface area (Å²) in [5.74, 6) is -1.25. The molecule has 0 unspecified atom stereocenters. The van der Waals surface area contributed by atoms with Gasteiger partial charge in [-0.05, 0) is 16.3 Å². The molecule has 1 atom stereocenters. The molecule has 0 aliphatic rings. The van der Waals surface area contributed by atoms with Crippen LogP contribution in [0.25, 0.3) is 10.8 Å². The van der Waals surface area contributed by atoms with Gasteiger partial charge in [-0.1, -0.05) is 42.5 Å². The first-order chi connectivity index (χ1) is 9.08. The van der Waals surface area contributed by atoms with Crippen LogP contribution in [-0.4, -0.2) is 25.5 Å². The summed E-state index contributed by atoms with van der Waals surface area (Å²) < 4.78 is 24.3. The quantitative estimate of drug-likeness (QED) is 0.925. The van der Waals surface area contributed by atoms with Crippen molar-refractivity contribution in [2.24, 2.45) is 4.36 Å². The lowest BCUT2D eigenvalue weighted by Gasteiger charge is -2.08. The van der Waals surface area contributed by atoms with Gasteiger partial charge in [0.05, 0.1) is 0 Å². The number of carboxylic acid groups (broad SMARTS) is 1. The number of rotatable bonds is 4. The molecule has 0 amide bonds. The van der Waals surface area contributed by atoms with Crippen LogP contribution in [0.4, 0.5) is 0 Å². The van der Waals surface area contributed by atoms with Crippen molar-refractivity contribution in [3.63, 3.8) is 0 Å². The molecule has 2 rings (SSSR count). The zero-order chi connectivity index (χ0) is 13.8. The number of hydrogen-bond acceptors (Lipinski definition) is 4. The molecule has 2 aromatic carbocycles. The topological polar surface area (TPSA) is 83.8 Å². The smallest absolute Gasteiger partial charge is 0.330 e. The number of nitrogens with zero attached hydrogens (tertiary/aromatic N) is 1. The van der Waals surface area contributed by atoms with Crippen LogP contribution in [0.5, 0.6) is 0 Å². The first-order valence-electron chi connectivity index (χ1n) is 5.57. The van der Waals surface area contributed by atoms with Gasteiger partial charge in [-0.25, -0.2) is 4.79 Å². The van der Waals surface area contributed by atoms with Gasteiger partial charge in [-0.3, -0.25) is 0 Å². The number of carbonyl (C=O) groups is 1. The summed E-state index contributed by atoms with van der Waals surface area (Å²) in [4.78, 5) is 11.0. The standard InChI is InChI=1S/C13H11NO4S/c15-13(16)12(14-19(17)18)8-10-6-3-5-9-4-1-2-7-11(9)10/h1-7,12H,8H2,(H,15,16)/t12-/m0/s1. The summed E-state index contributed by atoms with van der Waals surface area (Å²) >= 11 is 0. The van der Waals surface area contributed by atoms with Crippen molar-refractivity contribution >= 4 is 27.2 Å². The van der Waals surface area contributed by atoms with Crippen LogP contribution in [0, 0.1) is 0 Å². The van der Waals surface area contributed by atoms with E-state index in [4.69, 9.17) is 5.11 Å². The van der Waals surface area contributed by atoms with Gasteiger partial charge in [-0.15, -0.1) is 0 Å². The van der Waals surface area contributed by atoms with E-state index in [1.54, 1.807) is 6.07 Å². The summed E-state index contributed by atoms with van der Waals surface area (Å²) in [5, 5.41) is 10.9. The summed E-state index contributed by atoms with van der Waals surface area (Å²) in [5.41, 5.74) is 0.764. The number of aliphatic carboxylic acids is 1. The predicted octanol–water partition coefficient (Wildman–Crippen LogP) is 1.90. The molecule has 0 heterocycles. The first kappa shape index (κ1) is 13.2. The molecular formula is C13H11NO4S. The Morgan fingerprint density at radius 2 is 1.84 bits per heavy atom. The molecule has 0 radical (unpaired) electrons. The molecule has 5 nitrogen and oxygen atoms in total. The van der Waals surface area contributed by atoms with E-state index in [0.717, 1.165) is 16.3 Å². The number of benzene rings is 2. The van der Waals surface area contributed by atoms with E-state index in [9.17, 15) is 13.2 Å². The van der Waals surface area contributed by atoms with Crippen molar-refractivity contribution in [1.29, 1.82) is 0 Å². The van der Waals surface area contributed by atoms with Gasteiger partial charge in [0.15, 0.2) is 6.04 Å². The van der Waals surface area contributed by atoms with Crippen molar-refractivity contribution in [3.8, 4) is 0 Å². The number of fused-ring (bicyclic) bond motifs is 1. The van der Waals surface area contributed by atoms with E-state index in [2.05, 4.69) is 4.36 Å². The fourth-order valence-electron chi connectivity index (χ4n) is 1.95. The normalized spacial score (nSPS) is 12.0. The molecule has 98 valence electrons. The Hall–Kier alpha value is -2.21. The Bertz CT molecular complexity index is 739. The van der Waals surface area contributed by atoms with Crippen LogP contribution in [0.3, 0.4) is 0 Å². The summed E-state index contributed by atoms with van der Waals surface area (Å²) in [6.45, 7) is 0. The summed E-state index contributed by atoms with van der Waals surface area (Å²) in [7, 11) is -2.73. The molecule has 0 spiro atoms. The molecule has 0 bridgehead atoms. The molecule has 0 aliphatic heterocycles. The highest BCUT2D eigenvalue weighted by Crippen LogP contribution is 2.20. The molecule has 0 saturated heterocycles. The molecule has 1 N–H and O–H groups in total. The monoisotopic (exact) mass is 277 g/mol. The van der Waals surface area contributed by atoms with Crippen LogP contribution >= 0.6 is 0 Å². The van der Waals surface area contributed by atoms with Crippen LogP contribution in [0.2, 0.25) is 0 Å². The average molecular weight is 277 g/mol. The van der Waals surface area contributed by atoms with Gasteiger partial charge in [0.1, 0.15) is 0 Å². The summed E-state index contributed by atoms with van der Waals surface area (Å²) in [6.07, 6.45) is 0.0463. The van der Waals surface area contributed by atoms with Crippen molar-refractivity contribution in [2.45, 2.75) is 12.5 Å². The van der Waals surface area contributed by atoms with E-state index in [-0.39, 0.29) is 6.42 Å². The molecule has 2 aromatic rings. The van der Waals surface area contributed by atoms with Crippen molar-refractivity contribution < 1.29 is 18.3 Å². The number of carboxylic acids is 1. The maximum absolute atomic E-state index is 11.0. The van der Waals surface area contributed by atoms with Crippen LogP contribution in [-0.2, 0) is 21.7 Å². The van der Waals surface area contributed by atoms with Crippen LogP contribution in [0.1, 0.15) is 5.56 Å². The second-order valence-corrected chi connectivity index (χ2v) is 4.66. The molecule has 0 fully saturated rings. The minimum atomic E-state index is -2.73. The zero-order valence-electron chi connectivity index (χ0n) is 9.85. The minimum absolute atomic E-state index is 0.0463. The molecule has 0 aliphatic carbocycles. The molecular weight excluding hydrogens is 266 g/mol. The van der Waals surface area contributed by atoms with Gasteiger partial charge in [0, 0.05) is 6.42 Å². The summed E-state index contributed by atoms with van der Waals surface area (Å²) in [6, 6.07) is 11.7. The van der Waals surface area contributed by atoms with Crippen LogP contribution < -0.4 is 0 Å². The lowest BCUT2D eigenvalue weighted by Crippen LogP contribution is -2.20. The highest BCUT2D eigenvalue weighted by atomic mass is 32.2.